The lowest BCUT2D eigenvalue weighted by Crippen LogP contribution is -2.51. The first-order valence-electron chi connectivity index (χ1n) is 15.3. The van der Waals surface area contributed by atoms with Crippen LogP contribution in [0.3, 0.4) is 0 Å². The van der Waals surface area contributed by atoms with Gasteiger partial charge in [0.2, 0.25) is 17.3 Å². The number of rotatable bonds is 13. The molecule has 2 heterocycles. The van der Waals surface area contributed by atoms with Crippen LogP contribution in [0.25, 0.3) is 22.2 Å². The Balaban J connectivity index is 1.37. The van der Waals surface area contributed by atoms with Crippen LogP contribution in [0.2, 0.25) is 0 Å². The van der Waals surface area contributed by atoms with Crippen molar-refractivity contribution in [1.29, 1.82) is 0 Å². The number of aromatic nitrogens is 3. The number of fused-ring (bicyclic) bond motifs is 1. The molecule has 2 aromatic heterocycles. The number of hydrogen-bond donors (Lipinski definition) is 3. The maximum Gasteiger partial charge on any atom is 0.424 e. The van der Waals surface area contributed by atoms with Gasteiger partial charge in [-0.1, -0.05) is 0 Å². The molecule has 2 aromatic carbocycles. The maximum absolute atomic E-state index is 14.8. The highest BCUT2D eigenvalue weighted by Gasteiger charge is 2.57. The molecular formula is C33H32F5N5O5. The Morgan fingerprint density at radius 3 is 2.44 bits per heavy atom. The van der Waals surface area contributed by atoms with Crippen molar-refractivity contribution in [2.75, 3.05) is 19.8 Å². The van der Waals surface area contributed by atoms with Crippen molar-refractivity contribution in [3.8, 4) is 22.8 Å². The van der Waals surface area contributed by atoms with Crippen LogP contribution < -0.4 is 20.5 Å². The van der Waals surface area contributed by atoms with Crippen molar-refractivity contribution in [1.82, 2.24) is 20.1 Å². The van der Waals surface area contributed by atoms with Gasteiger partial charge >= 0.3 is 6.18 Å². The van der Waals surface area contributed by atoms with Crippen molar-refractivity contribution in [2.45, 2.75) is 56.6 Å². The number of pyridine rings is 1. The Kier molecular flexibility index (Phi) is 8.52. The molecule has 0 unspecified atom stereocenters. The van der Waals surface area contributed by atoms with Gasteiger partial charge in [-0.25, -0.2) is 18.4 Å². The molecule has 15 heteroatoms. The van der Waals surface area contributed by atoms with Crippen molar-refractivity contribution in [3.63, 3.8) is 0 Å². The predicted molar refractivity (Wildman–Crippen MR) is 162 cm³/mol. The predicted octanol–water partition coefficient (Wildman–Crippen LogP) is 5.05. The van der Waals surface area contributed by atoms with Crippen LogP contribution in [0.15, 0.2) is 48.7 Å². The molecule has 6 rings (SSSR count). The molecule has 2 fully saturated rings. The zero-order valence-electron chi connectivity index (χ0n) is 25.7. The number of nitrogens with two attached hydrogens (primary N) is 1. The fourth-order valence-electron chi connectivity index (χ4n) is 5.25. The first-order valence-corrected chi connectivity index (χ1v) is 15.3. The molecule has 0 spiro atoms. The number of halogens is 5. The lowest BCUT2D eigenvalue weighted by atomic mass is 9.93. The topological polar surface area (TPSA) is 142 Å². The third kappa shape index (κ3) is 6.64. The molecule has 0 aliphatic heterocycles. The number of amides is 2. The van der Waals surface area contributed by atoms with Gasteiger partial charge < -0.3 is 25.6 Å². The molecule has 1 atom stereocenters. The Morgan fingerprint density at radius 2 is 1.83 bits per heavy atom. The third-order valence-corrected chi connectivity index (χ3v) is 8.30. The van der Waals surface area contributed by atoms with E-state index in [1.54, 1.807) is 6.92 Å². The fraction of sp³-hybridized carbons (Fsp3) is 0.394. The number of hydrogen-bond acceptors (Lipinski definition) is 7. The Bertz CT molecular complexity index is 1870. The molecular weight excluding hydrogens is 641 g/mol. The summed E-state index contributed by atoms with van der Waals surface area (Å²) in [7, 11) is 0. The van der Waals surface area contributed by atoms with Gasteiger partial charge in [0.05, 0.1) is 31.9 Å². The quantitative estimate of drug-likeness (QED) is 0.169. The van der Waals surface area contributed by atoms with Gasteiger partial charge in [0, 0.05) is 41.1 Å². The second kappa shape index (κ2) is 12.3. The average Bonchev–Trinajstić information content (AvgIpc) is 3.96. The lowest BCUT2D eigenvalue weighted by Gasteiger charge is -2.31. The first-order chi connectivity index (χ1) is 22.7. The van der Waals surface area contributed by atoms with Crippen LogP contribution >= 0.6 is 0 Å². The molecule has 10 nitrogen and oxygen atoms in total. The van der Waals surface area contributed by atoms with E-state index in [9.17, 15) is 36.6 Å². The van der Waals surface area contributed by atoms with Crippen LogP contribution in [-0.2, 0) is 22.6 Å². The standard InChI is InChI=1S/C33H32F5N5O5/c1-2-47-29-20(14-26(39)44)13-25(41-28(29)19-5-7-23(34)8-6-19)32(46,33(36,37)38)17-40-30(45)21-11-22-15-43(31(35)9-10-31)42-27(22)24(12-21)48-16-18-3-4-18/h5-8,11-13,15,18,46H,2-4,9-10,14,16-17H2,1H3,(H2,39,44)(H,40,45)/t32-/m0/s1. The average molecular weight is 674 g/mol. The normalized spacial score (nSPS) is 16.7. The molecule has 2 amide bonds. The second-order valence-electron chi connectivity index (χ2n) is 12.1. The van der Waals surface area contributed by atoms with Crippen LogP contribution in [0.1, 0.15) is 54.2 Å². The summed E-state index contributed by atoms with van der Waals surface area (Å²) < 4.78 is 85.5. The highest BCUT2D eigenvalue weighted by Crippen LogP contribution is 2.46. The number of carbonyl (C=O) groups excluding carboxylic acids is 2. The molecule has 4 aromatic rings. The summed E-state index contributed by atoms with van der Waals surface area (Å²) in [5.41, 5.74) is 0.660. The summed E-state index contributed by atoms with van der Waals surface area (Å²) in [6, 6.07) is 8.13. The fourth-order valence-corrected chi connectivity index (χ4v) is 5.25. The smallest absolute Gasteiger partial charge is 0.424 e. The first kappa shape index (κ1) is 33.1. The molecule has 2 saturated carbocycles. The summed E-state index contributed by atoms with van der Waals surface area (Å²) in [6.45, 7) is 0.570. The second-order valence-corrected chi connectivity index (χ2v) is 12.1. The van der Waals surface area contributed by atoms with E-state index in [2.05, 4.69) is 15.4 Å². The Labute approximate surface area is 271 Å². The number of carbonyl (C=O) groups is 2. The minimum Gasteiger partial charge on any atom is -0.491 e. The summed E-state index contributed by atoms with van der Waals surface area (Å²) in [5, 5.41) is 18.1. The van der Waals surface area contributed by atoms with Crippen LogP contribution in [0.4, 0.5) is 22.0 Å². The van der Waals surface area contributed by atoms with Crippen LogP contribution in [-0.4, -0.2) is 57.6 Å². The largest absolute Gasteiger partial charge is 0.491 e. The number of ether oxygens (including phenoxy) is 2. The number of alkyl halides is 4. The van der Waals surface area contributed by atoms with Crippen molar-refractivity contribution in [3.05, 3.63) is 71.3 Å². The summed E-state index contributed by atoms with van der Waals surface area (Å²) in [4.78, 5) is 29.4. The minimum absolute atomic E-state index is 0.0303. The van der Waals surface area contributed by atoms with Gasteiger partial charge in [0.15, 0.2) is 0 Å². The number of nitrogens with zero attached hydrogens (tertiary/aromatic N) is 3. The van der Waals surface area contributed by atoms with Gasteiger partial charge in [0.1, 0.15) is 28.5 Å². The lowest BCUT2D eigenvalue weighted by molar-refractivity contribution is -0.265. The number of primary amides is 1. The summed E-state index contributed by atoms with van der Waals surface area (Å²) in [5.74, 6) is -3.75. The molecule has 0 saturated heterocycles. The molecule has 0 radical (unpaired) electrons. The molecule has 254 valence electrons. The number of nitrogens with one attached hydrogen (secondary N) is 1. The van der Waals surface area contributed by atoms with Gasteiger partial charge in [-0.15, -0.1) is 0 Å². The van der Waals surface area contributed by atoms with Gasteiger partial charge in [0.25, 0.3) is 5.91 Å². The SMILES string of the molecule is CCOc1c(CC(N)=O)cc([C@@](O)(CNC(=O)c2cc(OCC3CC3)c3nn(C4(F)CC4)cc3c2)C(F)(F)F)nc1-c1ccc(F)cc1. The van der Waals surface area contributed by atoms with E-state index in [1.165, 1.54) is 30.5 Å². The van der Waals surface area contributed by atoms with E-state index < -0.39 is 53.9 Å². The van der Waals surface area contributed by atoms with Gasteiger partial charge in [-0.3, -0.25) is 9.59 Å². The highest BCUT2D eigenvalue weighted by atomic mass is 19.4. The Morgan fingerprint density at radius 1 is 1.12 bits per heavy atom. The zero-order valence-corrected chi connectivity index (χ0v) is 25.7. The summed E-state index contributed by atoms with van der Waals surface area (Å²) in [6.07, 6.45) is -2.09. The number of aliphatic hydroxyl groups is 1. The highest BCUT2D eigenvalue weighted by molar-refractivity contribution is 6.00. The third-order valence-electron chi connectivity index (χ3n) is 8.30. The Hall–Kier alpha value is -4.79. The minimum atomic E-state index is -5.40. The van der Waals surface area contributed by atoms with E-state index in [0.29, 0.717) is 23.4 Å². The van der Waals surface area contributed by atoms with Crippen molar-refractivity contribution >= 4 is 22.7 Å². The van der Waals surface area contributed by atoms with E-state index in [-0.39, 0.29) is 53.3 Å². The van der Waals surface area contributed by atoms with E-state index >= 15 is 0 Å². The van der Waals surface area contributed by atoms with E-state index in [0.717, 1.165) is 35.7 Å². The summed E-state index contributed by atoms with van der Waals surface area (Å²) >= 11 is 0. The zero-order chi connectivity index (χ0) is 34.4. The number of benzene rings is 2. The van der Waals surface area contributed by atoms with Gasteiger partial charge in [-0.05, 0) is 68.1 Å². The maximum atomic E-state index is 14.8. The molecule has 4 N–H and O–H groups in total. The molecule has 2 aliphatic rings. The monoisotopic (exact) mass is 673 g/mol. The van der Waals surface area contributed by atoms with Crippen LogP contribution in [0, 0.1) is 11.7 Å². The molecule has 48 heavy (non-hydrogen) atoms. The van der Waals surface area contributed by atoms with Crippen molar-refractivity contribution < 1.29 is 46.1 Å². The van der Waals surface area contributed by atoms with Crippen molar-refractivity contribution in [2.24, 2.45) is 11.7 Å². The molecule has 0 bridgehead atoms. The van der Waals surface area contributed by atoms with E-state index in [4.69, 9.17) is 15.2 Å². The van der Waals surface area contributed by atoms with Crippen LogP contribution in [0.5, 0.6) is 11.5 Å². The molecule has 2 aliphatic carbocycles. The van der Waals surface area contributed by atoms with E-state index in [1.807, 2.05) is 0 Å². The van der Waals surface area contributed by atoms with Gasteiger partial charge in [-0.2, -0.15) is 18.3 Å².